The molecule has 1 aliphatic heterocycles. The minimum atomic E-state index is -4.44. The molecule has 0 aromatic heterocycles. The Morgan fingerprint density at radius 1 is 1.29 bits per heavy atom. The maximum absolute atomic E-state index is 12.5. The molecular formula is C17H19F3N2O2. The van der Waals surface area contributed by atoms with Gasteiger partial charge in [-0.1, -0.05) is 24.3 Å². The summed E-state index contributed by atoms with van der Waals surface area (Å²) in [6, 6.07) is 7.72. The molecule has 3 rings (SSSR count). The Bertz CT molecular complexity index is 645. The van der Waals surface area contributed by atoms with Gasteiger partial charge in [-0.2, -0.15) is 13.2 Å². The lowest BCUT2D eigenvalue weighted by Gasteiger charge is -2.27. The average Bonchev–Trinajstić information content (AvgIpc) is 2.87. The highest BCUT2D eigenvalue weighted by Gasteiger charge is 2.41. The van der Waals surface area contributed by atoms with Crippen LogP contribution in [0.15, 0.2) is 24.3 Å². The summed E-state index contributed by atoms with van der Waals surface area (Å²) < 4.78 is 37.4. The Morgan fingerprint density at radius 2 is 2.04 bits per heavy atom. The molecule has 0 radical (unpaired) electrons. The second-order valence-corrected chi connectivity index (χ2v) is 6.44. The maximum atomic E-state index is 12.5. The highest BCUT2D eigenvalue weighted by Crippen LogP contribution is 2.30. The van der Waals surface area contributed by atoms with Gasteiger partial charge in [0, 0.05) is 13.0 Å². The molecule has 2 aliphatic rings. The molecule has 1 N–H and O–H groups in total. The van der Waals surface area contributed by atoms with Crippen molar-refractivity contribution in [2.45, 2.75) is 37.9 Å². The highest BCUT2D eigenvalue weighted by molar-refractivity contribution is 5.89. The molecule has 1 aliphatic carbocycles. The quantitative estimate of drug-likeness (QED) is 0.919. The van der Waals surface area contributed by atoms with E-state index >= 15 is 0 Å². The van der Waals surface area contributed by atoms with Crippen LogP contribution in [0.3, 0.4) is 0 Å². The smallest absolute Gasteiger partial charge is 0.349 e. The van der Waals surface area contributed by atoms with E-state index in [1.54, 1.807) is 0 Å². The van der Waals surface area contributed by atoms with E-state index in [0.717, 1.165) is 29.7 Å². The third kappa shape index (κ3) is 3.71. The second-order valence-electron chi connectivity index (χ2n) is 6.44. The summed E-state index contributed by atoms with van der Waals surface area (Å²) in [5.41, 5.74) is 2.25. The van der Waals surface area contributed by atoms with Crippen molar-refractivity contribution in [2.24, 2.45) is 5.92 Å². The van der Waals surface area contributed by atoms with Crippen molar-refractivity contribution in [3.63, 3.8) is 0 Å². The molecule has 1 heterocycles. The molecule has 1 aromatic rings. The van der Waals surface area contributed by atoms with E-state index in [9.17, 15) is 22.8 Å². The number of carbonyl (C=O) groups excluding carboxylic acids is 2. The SMILES string of the molecule is O=C(N[C@@H]1CCCc2ccccc21)[C@H]1CC(=O)N(CC(F)(F)F)C1. The minimum absolute atomic E-state index is 0.130. The Kier molecular flexibility index (Phi) is 4.51. The van der Waals surface area contributed by atoms with Gasteiger partial charge in [-0.15, -0.1) is 0 Å². The first-order valence-corrected chi connectivity index (χ1v) is 8.06. The Labute approximate surface area is 138 Å². The van der Waals surface area contributed by atoms with Gasteiger partial charge in [0.2, 0.25) is 11.8 Å². The Balaban J connectivity index is 1.63. The van der Waals surface area contributed by atoms with Gasteiger partial charge in [-0.05, 0) is 30.4 Å². The zero-order valence-electron chi connectivity index (χ0n) is 13.1. The zero-order valence-corrected chi connectivity index (χ0v) is 13.1. The number of hydrogen-bond acceptors (Lipinski definition) is 2. The van der Waals surface area contributed by atoms with Gasteiger partial charge in [0.05, 0.1) is 12.0 Å². The number of benzene rings is 1. The molecule has 1 saturated heterocycles. The molecule has 1 fully saturated rings. The fourth-order valence-electron chi connectivity index (χ4n) is 3.51. The van der Waals surface area contributed by atoms with E-state index in [2.05, 4.69) is 5.32 Å². The summed E-state index contributed by atoms with van der Waals surface area (Å²) in [6.45, 7) is -1.46. The first-order valence-electron chi connectivity index (χ1n) is 8.06. The standard InChI is InChI=1S/C17H19F3N2O2/c18-17(19,20)10-22-9-12(8-15(22)23)16(24)21-14-7-3-5-11-4-1-2-6-13(11)14/h1-2,4,6,12,14H,3,5,7-10H2,(H,21,24)/t12-,14+/m0/s1. The molecule has 1 aromatic carbocycles. The van der Waals surface area contributed by atoms with E-state index < -0.39 is 24.5 Å². The largest absolute Gasteiger partial charge is 0.406 e. The molecule has 7 heteroatoms. The van der Waals surface area contributed by atoms with Gasteiger partial charge in [0.1, 0.15) is 6.54 Å². The minimum Gasteiger partial charge on any atom is -0.349 e. The van der Waals surface area contributed by atoms with Crippen molar-refractivity contribution >= 4 is 11.8 Å². The van der Waals surface area contributed by atoms with Gasteiger partial charge in [0.25, 0.3) is 0 Å². The summed E-state index contributed by atoms with van der Waals surface area (Å²) in [4.78, 5) is 24.8. The number of likely N-dealkylation sites (tertiary alicyclic amines) is 1. The molecular weight excluding hydrogens is 321 g/mol. The van der Waals surface area contributed by atoms with Crippen LogP contribution in [-0.4, -0.2) is 36.0 Å². The average molecular weight is 340 g/mol. The fraction of sp³-hybridized carbons (Fsp3) is 0.529. The number of fused-ring (bicyclic) bond motifs is 1. The summed E-state index contributed by atoms with van der Waals surface area (Å²) in [5, 5.41) is 2.92. The highest BCUT2D eigenvalue weighted by atomic mass is 19.4. The third-order valence-electron chi connectivity index (χ3n) is 4.64. The van der Waals surface area contributed by atoms with Crippen LogP contribution in [0.1, 0.15) is 36.4 Å². The maximum Gasteiger partial charge on any atom is 0.406 e. The molecule has 0 saturated carbocycles. The van der Waals surface area contributed by atoms with Crippen LogP contribution in [-0.2, 0) is 16.0 Å². The van der Waals surface area contributed by atoms with Crippen molar-refractivity contribution < 1.29 is 22.8 Å². The Hall–Kier alpha value is -2.05. The van der Waals surface area contributed by atoms with Crippen molar-refractivity contribution in [2.75, 3.05) is 13.1 Å². The summed E-state index contributed by atoms with van der Waals surface area (Å²) >= 11 is 0. The normalized spacial score (nSPS) is 24.0. The first kappa shape index (κ1) is 16.8. The van der Waals surface area contributed by atoms with E-state index in [4.69, 9.17) is 0 Å². The van der Waals surface area contributed by atoms with E-state index in [0.29, 0.717) is 0 Å². The zero-order chi connectivity index (χ0) is 17.3. The predicted molar refractivity (Wildman–Crippen MR) is 81.0 cm³/mol. The Morgan fingerprint density at radius 3 is 2.79 bits per heavy atom. The fourth-order valence-corrected chi connectivity index (χ4v) is 3.51. The lowest BCUT2D eigenvalue weighted by atomic mass is 9.87. The van der Waals surface area contributed by atoms with Crippen LogP contribution in [0.4, 0.5) is 13.2 Å². The molecule has 2 atom stereocenters. The molecule has 0 spiro atoms. The lowest BCUT2D eigenvalue weighted by molar-refractivity contribution is -0.157. The number of nitrogens with zero attached hydrogens (tertiary/aromatic N) is 1. The van der Waals surface area contributed by atoms with Crippen LogP contribution in [0.5, 0.6) is 0 Å². The molecule has 130 valence electrons. The number of alkyl halides is 3. The number of aryl methyl sites for hydroxylation is 1. The molecule has 4 nitrogen and oxygen atoms in total. The predicted octanol–water partition coefficient (Wildman–Crippen LogP) is 2.59. The number of nitrogens with one attached hydrogen (secondary N) is 1. The van der Waals surface area contributed by atoms with E-state index in [1.807, 2.05) is 24.3 Å². The summed E-state index contributed by atoms with van der Waals surface area (Å²) in [5.74, 6) is -1.67. The number of halogens is 3. The van der Waals surface area contributed by atoms with Gasteiger partial charge in [-0.25, -0.2) is 0 Å². The van der Waals surface area contributed by atoms with E-state index in [-0.39, 0.29) is 24.9 Å². The molecule has 0 unspecified atom stereocenters. The summed E-state index contributed by atoms with van der Waals surface area (Å²) in [6.07, 6.45) is -1.88. The van der Waals surface area contributed by atoms with Crippen molar-refractivity contribution in [1.82, 2.24) is 10.2 Å². The first-order chi connectivity index (χ1) is 11.3. The van der Waals surface area contributed by atoms with Gasteiger partial charge in [-0.3, -0.25) is 9.59 Å². The molecule has 24 heavy (non-hydrogen) atoms. The van der Waals surface area contributed by atoms with E-state index in [1.165, 1.54) is 5.56 Å². The van der Waals surface area contributed by atoms with Crippen molar-refractivity contribution in [3.8, 4) is 0 Å². The van der Waals surface area contributed by atoms with Crippen molar-refractivity contribution in [1.29, 1.82) is 0 Å². The topological polar surface area (TPSA) is 49.4 Å². The van der Waals surface area contributed by atoms with Crippen LogP contribution < -0.4 is 5.32 Å². The van der Waals surface area contributed by atoms with Gasteiger partial charge < -0.3 is 10.2 Å². The van der Waals surface area contributed by atoms with Crippen LogP contribution >= 0.6 is 0 Å². The van der Waals surface area contributed by atoms with Gasteiger partial charge >= 0.3 is 6.18 Å². The molecule has 2 amide bonds. The number of carbonyl (C=O) groups is 2. The number of rotatable bonds is 3. The lowest BCUT2D eigenvalue weighted by Crippen LogP contribution is -2.38. The number of hydrogen-bond donors (Lipinski definition) is 1. The van der Waals surface area contributed by atoms with Crippen LogP contribution in [0.2, 0.25) is 0 Å². The molecule has 0 bridgehead atoms. The van der Waals surface area contributed by atoms with Crippen LogP contribution in [0.25, 0.3) is 0 Å². The van der Waals surface area contributed by atoms with Gasteiger partial charge in [0.15, 0.2) is 0 Å². The monoisotopic (exact) mass is 340 g/mol. The third-order valence-corrected chi connectivity index (χ3v) is 4.64. The van der Waals surface area contributed by atoms with Crippen molar-refractivity contribution in [3.05, 3.63) is 35.4 Å². The second kappa shape index (κ2) is 6.45. The number of amides is 2. The summed E-state index contributed by atoms with van der Waals surface area (Å²) in [7, 11) is 0. The van der Waals surface area contributed by atoms with Crippen LogP contribution in [0, 0.1) is 5.92 Å².